The second-order valence-corrected chi connectivity index (χ2v) is 8.07. The van der Waals surface area contributed by atoms with Gasteiger partial charge in [0.2, 0.25) is 0 Å². The summed E-state index contributed by atoms with van der Waals surface area (Å²) in [5.41, 5.74) is 0. The van der Waals surface area contributed by atoms with Gasteiger partial charge in [-0.3, -0.25) is 0 Å². The molecule has 3 aliphatic rings. The molecule has 1 saturated carbocycles. The fourth-order valence-electron chi connectivity index (χ4n) is 3.03. The van der Waals surface area contributed by atoms with Gasteiger partial charge in [0.15, 0.2) is 0 Å². The summed E-state index contributed by atoms with van der Waals surface area (Å²) in [5, 5.41) is 3.59. The van der Waals surface area contributed by atoms with Crippen LogP contribution in [0, 0.1) is 5.92 Å². The molecule has 110 valence electrons. The third-order valence-electron chi connectivity index (χ3n) is 4.56. The highest BCUT2D eigenvalue weighted by molar-refractivity contribution is 7.86. The lowest BCUT2D eigenvalue weighted by molar-refractivity contribution is 0.272. The first-order valence-corrected chi connectivity index (χ1v) is 9.04. The molecule has 0 spiro atoms. The number of piperidine rings is 1. The monoisotopic (exact) mass is 287 g/mol. The standard InChI is InChI=1S/C13H25N3O2S/c17-19(18,15-7-1-2-8-15)16-9-5-13(6-10-16)14-11-12-3-4-12/h12-14H,1-11H2. The predicted molar refractivity (Wildman–Crippen MR) is 75.0 cm³/mol. The summed E-state index contributed by atoms with van der Waals surface area (Å²) < 4.78 is 28.1. The summed E-state index contributed by atoms with van der Waals surface area (Å²) in [4.78, 5) is 0. The van der Waals surface area contributed by atoms with Gasteiger partial charge in [0.25, 0.3) is 10.2 Å². The van der Waals surface area contributed by atoms with E-state index in [0.717, 1.165) is 38.1 Å². The Morgan fingerprint density at radius 2 is 1.47 bits per heavy atom. The molecule has 0 aromatic carbocycles. The summed E-state index contributed by atoms with van der Waals surface area (Å²) >= 11 is 0. The lowest BCUT2D eigenvalue weighted by Gasteiger charge is -2.34. The zero-order valence-electron chi connectivity index (χ0n) is 11.6. The fraction of sp³-hybridized carbons (Fsp3) is 1.00. The summed E-state index contributed by atoms with van der Waals surface area (Å²) in [7, 11) is -3.17. The molecule has 6 heteroatoms. The predicted octanol–water partition coefficient (Wildman–Crippen LogP) is 0.791. The molecular formula is C13H25N3O2S. The van der Waals surface area contributed by atoms with Crippen LogP contribution in [0.5, 0.6) is 0 Å². The van der Waals surface area contributed by atoms with Crippen molar-refractivity contribution in [3.05, 3.63) is 0 Å². The topological polar surface area (TPSA) is 52.7 Å². The molecule has 2 saturated heterocycles. The van der Waals surface area contributed by atoms with Crippen LogP contribution in [0.4, 0.5) is 0 Å². The van der Waals surface area contributed by atoms with Crippen LogP contribution in [0.25, 0.3) is 0 Å². The Balaban J connectivity index is 1.48. The van der Waals surface area contributed by atoms with Gasteiger partial charge in [-0.15, -0.1) is 0 Å². The number of nitrogens with zero attached hydrogens (tertiary/aromatic N) is 2. The van der Waals surface area contributed by atoms with E-state index in [-0.39, 0.29) is 0 Å². The number of nitrogens with one attached hydrogen (secondary N) is 1. The zero-order valence-corrected chi connectivity index (χ0v) is 12.4. The Kier molecular flexibility index (Phi) is 4.12. The third-order valence-corrected chi connectivity index (χ3v) is 6.60. The Morgan fingerprint density at radius 3 is 2.05 bits per heavy atom. The minimum atomic E-state index is -3.17. The Labute approximate surface area is 116 Å². The van der Waals surface area contributed by atoms with Crippen molar-refractivity contribution in [2.75, 3.05) is 32.7 Å². The van der Waals surface area contributed by atoms with Gasteiger partial charge < -0.3 is 5.32 Å². The van der Waals surface area contributed by atoms with E-state index in [2.05, 4.69) is 5.32 Å². The van der Waals surface area contributed by atoms with E-state index in [4.69, 9.17) is 0 Å². The van der Waals surface area contributed by atoms with Crippen molar-refractivity contribution >= 4 is 10.2 Å². The Bertz CT molecular complexity index is 394. The van der Waals surface area contributed by atoms with Crippen molar-refractivity contribution in [2.24, 2.45) is 5.92 Å². The molecule has 3 fully saturated rings. The van der Waals surface area contributed by atoms with Gasteiger partial charge in [-0.05, 0) is 51.0 Å². The molecule has 0 atom stereocenters. The molecule has 2 heterocycles. The number of rotatable bonds is 5. The lowest BCUT2D eigenvalue weighted by atomic mass is 10.1. The zero-order chi connectivity index (χ0) is 13.3. The van der Waals surface area contributed by atoms with Crippen LogP contribution in [0.1, 0.15) is 38.5 Å². The fourth-order valence-corrected chi connectivity index (χ4v) is 4.75. The van der Waals surface area contributed by atoms with Crippen molar-refractivity contribution < 1.29 is 8.42 Å². The average molecular weight is 287 g/mol. The van der Waals surface area contributed by atoms with E-state index in [0.29, 0.717) is 32.2 Å². The van der Waals surface area contributed by atoms with Crippen molar-refractivity contribution in [1.29, 1.82) is 0 Å². The molecule has 0 unspecified atom stereocenters. The Morgan fingerprint density at radius 1 is 0.895 bits per heavy atom. The molecular weight excluding hydrogens is 262 g/mol. The van der Waals surface area contributed by atoms with Crippen LogP contribution in [0.2, 0.25) is 0 Å². The normalized spacial score (nSPS) is 28.0. The third kappa shape index (κ3) is 3.29. The maximum absolute atomic E-state index is 12.4. The highest BCUT2D eigenvalue weighted by Crippen LogP contribution is 2.28. The van der Waals surface area contributed by atoms with Crippen molar-refractivity contribution in [3.63, 3.8) is 0 Å². The molecule has 5 nitrogen and oxygen atoms in total. The lowest BCUT2D eigenvalue weighted by Crippen LogP contribution is -2.49. The second-order valence-electron chi connectivity index (χ2n) is 6.14. The van der Waals surface area contributed by atoms with E-state index in [1.165, 1.54) is 12.8 Å². The minimum absolute atomic E-state index is 0.519. The molecule has 3 rings (SSSR count). The van der Waals surface area contributed by atoms with E-state index in [1.54, 1.807) is 8.61 Å². The van der Waals surface area contributed by atoms with Gasteiger partial charge >= 0.3 is 0 Å². The molecule has 2 aliphatic heterocycles. The maximum atomic E-state index is 12.4. The van der Waals surface area contributed by atoms with Gasteiger partial charge in [0.1, 0.15) is 0 Å². The van der Waals surface area contributed by atoms with Crippen molar-refractivity contribution in [2.45, 2.75) is 44.6 Å². The summed E-state index contributed by atoms with van der Waals surface area (Å²) in [5.74, 6) is 0.895. The molecule has 0 aromatic rings. The molecule has 19 heavy (non-hydrogen) atoms. The van der Waals surface area contributed by atoms with E-state index < -0.39 is 10.2 Å². The first-order valence-electron chi connectivity index (χ1n) is 7.65. The van der Waals surface area contributed by atoms with Crippen LogP contribution in [-0.4, -0.2) is 55.8 Å². The molecule has 1 N–H and O–H groups in total. The number of hydrogen-bond acceptors (Lipinski definition) is 3. The Hall–Kier alpha value is -0.170. The van der Waals surface area contributed by atoms with Gasteiger partial charge in [-0.25, -0.2) is 0 Å². The maximum Gasteiger partial charge on any atom is 0.281 e. The van der Waals surface area contributed by atoms with Gasteiger partial charge in [-0.1, -0.05) is 0 Å². The molecule has 0 bridgehead atoms. The summed E-state index contributed by atoms with van der Waals surface area (Å²) in [6.07, 6.45) is 6.68. The van der Waals surface area contributed by atoms with Crippen LogP contribution in [-0.2, 0) is 10.2 Å². The van der Waals surface area contributed by atoms with Crippen LogP contribution in [0.15, 0.2) is 0 Å². The van der Waals surface area contributed by atoms with Crippen LogP contribution >= 0.6 is 0 Å². The molecule has 0 radical (unpaired) electrons. The molecule has 0 aromatic heterocycles. The van der Waals surface area contributed by atoms with Crippen molar-refractivity contribution in [3.8, 4) is 0 Å². The summed E-state index contributed by atoms with van der Waals surface area (Å²) in [6, 6.07) is 0.519. The van der Waals surface area contributed by atoms with Gasteiger partial charge in [-0.2, -0.15) is 17.0 Å². The largest absolute Gasteiger partial charge is 0.314 e. The van der Waals surface area contributed by atoms with E-state index in [9.17, 15) is 8.42 Å². The smallest absolute Gasteiger partial charge is 0.281 e. The highest BCUT2D eigenvalue weighted by Gasteiger charge is 2.34. The minimum Gasteiger partial charge on any atom is -0.314 e. The SMILES string of the molecule is O=S(=O)(N1CCCC1)N1CCC(NCC2CC2)CC1. The summed E-state index contributed by atoms with van der Waals surface area (Å²) in [6.45, 7) is 3.91. The van der Waals surface area contributed by atoms with Crippen LogP contribution in [0.3, 0.4) is 0 Å². The highest BCUT2D eigenvalue weighted by atomic mass is 32.2. The second kappa shape index (κ2) is 5.68. The van der Waals surface area contributed by atoms with Crippen LogP contribution < -0.4 is 5.32 Å². The van der Waals surface area contributed by atoms with E-state index in [1.807, 2.05) is 0 Å². The van der Waals surface area contributed by atoms with Crippen molar-refractivity contribution in [1.82, 2.24) is 13.9 Å². The first-order chi connectivity index (χ1) is 9.16. The first kappa shape index (κ1) is 13.8. The average Bonchev–Trinajstić information content (AvgIpc) is 3.07. The molecule has 0 amide bonds. The quantitative estimate of drug-likeness (QED) is 0.813. The van der Waals surface area contributed by atoms with E-state index >= 15 is 0 Å². The number of hydrogen-bond donors (Lipinski definition) is 1. The van der Waals surface area contributed by atoms with Gasteiger partial charge in [0, 0.05) is 32.2 Å². The van der Waals surface area contributed by atoms with Gasteiger partial charge in [0.05, 0.1) is 0 Å². The molecule has 1 aliphatic carbocycles.